The highest BCUT2D eigenvalue weighted by Crippen LogP contribution is 2.38. The molecule has 2 aliphatic heterocycles. The summed E-state index contributed by atoms with van der Waals surface area (Å²) in [6, 6.07) is 10.7. The van der Waals surface area contributed by atoms with Crippen LogP contribution >= 0.6 is 0 Å². The van der Waals surface area contributed by atoms with E-state index in [4.69, 9.17) is 14.2 Å². The van der Waals surface area contributed by atoms with Gasteiger partial charge in [-0.1, -0.05) is 12.1 Å². The molecule has 0 aromatic heterocycles. The molecule has 10 heteroatoms. The molecule has 2 aromatic carbocycles. The van der Waals surface area contributed by atoms with Gasteiger partial charge in [-0.3, -0.25) is 4.79 Å². The van der Waals surface area contributed by atoms with Crippen molar-refractivity contribution in [1.82, 2.24) is 9.21 Å². The van der Waals surface area contributed by atoms with E-state index in [1.165, 1.54) is 36.7 Å². The summed E-state index contributed by atoms with van der Waals surface area (Å²) in [6.45, 7) is 1.71. The molecule has 2 aliphatic rings. The maximum Gasteiger partial charge on any atom is 0.247 e. The molecule has 2 fully saturated rings. The van der Waals surface area contributed by atoms with Gasteiger partial charge in [0.25, 0.3) is 0 Å². The van der Waals surface area contributed by atoms with E-state index in [0.29, 0.717) is 31.8 Å². The van der Waals surface area contributed by atoms with Crippen molar-refractivity contribution in [2.75, 3.05) is 53.6 Å². The Morgan fingerprint density at radius 1 is 0.971 bits per heavy atom. The molecule has 8 nitrogen and oxygen atoms in total. The molecule has 0 bridgehead atoms. The van der Waals surface area contributed by atoms with Gasteiger partial charge in [0.05, 0.1) is 19.6 Å². The van der Waals surface area contributed by atoms with E-state index < -0.39 is 15.4 Å². The van der Waals surface area contributed by atoms with Crippen LogP contribution in [-0.4, -0.2) is 77.1 Å². The third-order valence-corrected chi connectivity index (χ3v) is 8.59. The first-order valence-electron chi connectivity index (χ1n) is 11.2. The summed E-state index contributed by atoms with van der Waals surface area (Å²) < 4.78 is 57.6. The second kappa shape index (κ2) is 9.89. The Morgan fingerprint density at radius 2 is 1.62 bits per heavy atom. The van der Waals surface area contributed by atoms with Gasteiger partial charge < -0.3 is 19.1 Å². The summed E-state index contributed by atoms with van der Waals surface area (Å²) in [4.78, 5) is 15.5. The lowest BCUT2D eigenvalue weighted by Crippen LogP contribution is -2.56. The van der Waals surface area contributed by atoms with Gasteiger partial charge in [0, 0.05) is 45.5 Å². The molecule has 0 aliphatic carbocycles. The highest BCUT2D eigenvalue weighted by atomic mass is 32.2. The Bertz CT molecular complexity index is 1120. The minimum absolute atomic E-state index is 0.0290. The Labute approximate surface area is 199 Å². The van der Waals surface area contributed by atoms with Gasteiger partial charge in [-0.2, -0.15) is 4.31 Å². The molecule has 0 spiro atoms. The lowest BCUT2D eigenvalue weighted by molar-refractivity contribution is -0.142. The normalized spacial score (nSPS) is 19.0. The first-order chi connectivity index (χ1) is 16.3. The van der Waals surface area contributed by atoms with Gasteiger partial charge in [0.1, 0.15) is 22.2 Å². The molecule has 0 N–H and O–H groups in total. The second-order valence-electron chi connectivity index (χ2n) is 8.41. The molecule has 34 heavy (non-hydrogen) atoms. The Hall–Kier alpha value is -2.69. The van der Waals surface area contributed by atoms with E-state index in [-0.39, 0.29) is 48.5 Å². The molecule has 4 rings (SSSR count). The van der Waals surface area contributed by atoms with Gasteiger partial charge in [-0.15, -0.1) is 0 Å². The van der Waals surface area contributed by atoms with Gasteiger partial charge >= 0.3 is 0 Å². The summed E-state index contributed by atoms with van der Waals surface area (Å²) in [6.07, 6.45) is 0.994. The van der Waals surface area contributed by atoms with Crippen LogP contribution in [0.25, 0.3) is 0 Å². The molecule has 0 atom stereocenters. The number of carbonyl (C=O) groups excluding carboxylic acids is 1. The maximum atomic E-state index is 13.7. The number of carbonyl (C=O) groups is 1. The molecular formula is C24H29FN2O6S. The van der Waals surface area contributed by atoms with Crippen molar-refractivity contribution < 1.29 is 31.8 Å². The topological polar surface area (TPSA) is 85.4 Å². The Balaban J connectivity index is 1.54. The highest BCUT2D eigenvalue weighted by molar-refractivity contribution is 7.89. The van der Waals surface area contributed by atoms with Crippen LogP contribution in [0.5, 0.6) is 11.5 Å². The molecule has 0 radical (unpaired) electrons. The fourth-order valence-corrected chi connectivity index (χ4v) is 6.27. The smallest absolute Gasteiger partial charge is 0.247 e. The monoisotopic (exact) mass is 492 g/mol. The summed E-state index contributed by atoms with van der Waals surface area (Å²) in [5.41, 5.74) is -0.0402. The predicted octanol–water partition coefficient (Wildman–Crippen LogP) is 2.42. The van der Waals surface area contributed by atoms with Crippen molar-refractivity contribution in [2.24, 2.45) is 0 Å². The average molecular weight is 493 g/mol. The number of rotatable bonds is 6. The zero-order valence-electron chi connectivity index (χ0n) is 19.3. The van der Waals surface area contributed by atoms with E-state index in [2.05, 4.69) is 0 Å². The van der Waals surface area contributed by atoms with Gasteiger partial charge in [0.15, 0.2) is 0 Å². The fraction of sp³-hybridized carbons (Fsp3) is 0.458. The van der Waals surface area contributed by atoms with Crippen LogP contribution in [0.15, 0.2) is 47.4 Å². The summed E-state index contributed by atoms with van der Waals surface area (Å²) >= 11 is 0. The lowest BCUT2D eigenvalue weighted by Gasteiger charge is -2.42. The largest absolute Gasteiger partial charge is 0.497 e. The summed E-state index contributed by atoms with van der Waals surface area (Å²) in [5, 5.41) is 0. The first kappa shape index (κ1) is 24.4. The standard InChI is InChI=1S/C24H29FN2O6S/c1-31-20-7-8-21(32-2)22(17-20)34(29,30)27-13-11-26(12-14-27)23(28)24(9-15-33-16-10-24)18-3-5-19(25)6-4-18/h3-8,17H,9-16H2,1-2H3. The Morgan fingerprint density at radius 3 is 2.21 bits per heavy atom. The second-order valence-corrected chi connectivity index (χ2v) is 10.3. The molecule has 0 saturated carbocycles. The van der Waals surface area contributed by atoms with Crippen molar-refractivity contribution in [2.45, 2.75) is 23.2 Å². The van der Waals surface area contributed by atoms with Gasteiger partial charge in [-0.05, 0) is 42.7 Å². The average Bonchev–Trinajstić information content (AvgIpc) is 2.88. The van der Waals surface area contributed by atoms with Crippen molar-refractivity contribution in [1.29, 1.82) is 0 Å². The number of benzene rings is 2. The zero-order chi connectivity index (χ0) is 24.3. The fourth-order valence-electron chi connectivity index (χ4n) is 4.67. The zero-order valence-corrected chi connectivity index (χ0v) is 20.1. The summed E-state index contributed by atoms with van der Waals surface area (Å²) in [7, 11) is -0.970. The number of hydrogen-bond donors (Lipinski definition) is 0. The highest BCUT2D eigenvalue weighted by Gasteiger charge is 2.45. The number of nitrogens with zero attached hydrogens (tertiary/aromatic N) is 2. The number of methoxy groups -OCH3 is 2. The number of hydrogen-bond acceptors (Lipinski definition) is 6. The SMILES string of the molecule is COc1ccc(OC)c(S(=O)(=O)N2CCN(C(=O)C3(c4ccc(F)cc4)CCOCC3)CC2)c1. The minimum atomic E-state index is -3.85. The molecule has 1 amide bonds. The lowest BCUT2D eigenvalue weighted by atomic mass is 9.73. The van der Waals surface area contributed by atoms with Crippen LogP contribution in [-0.2, 0) is 25.0 Å². The van der Waals surface area contributed by atoms with Crippen molar-refractivity contribution in [3.63, 3.8) is 0 Å². The molecule has 2 saturated heterocycles. The molecular weight excluding hydrogens is 463 g/mol. The van der Waals surface area contributed by atoms with Crippen LogP contribution in [0.2, 0.25) is 0 Å². The number of amides is 1. The van der Waals surface area contributed by atoms with Crippen LogP contribution in [0.4, 0.5) is 4.39 Å². The van der Waals surface area contributed by atoms with E-state index in [1.807, 2.05) is 0 Å². The molecule has 2 heterocycles. The van der Waals surface area contributed by atoms with Crippen LogP contribution < -0.4 is 9.47 Å². The quantitative estimate of drug-likeness (QED) is 0.616. The van der Waals surface area contributed by atoms with Crippen molar-refractivity contribution in [3.05, 3.63) is 53.8 Å². The maximum absolute atomic E-state index is 13.7. The first-order valence-corrected chi connectivity index (χ1v) is 12.6. The predicted molar refractivity (Wildman–Crippen MR) is 123 cm³/mol. The molecule has 184 valence electrons. The van der Waals surface area contributed by atoms with Crippen molar-refractivity contribution >= 4 is 15.9 Å². The van der Waals surface area contributed by atoms with Gasteiger partial charge in [0.2, 0.25) is 15.9 Å². The van der Waals surface area contributed by atoms with E-state index >= 15 is 0 Å². The number of piperazine rings is 1. The minimum Gasteiger partial charge on any atom is -0.497 e. The molecule has 2 aromatic rings. The third-order valence-electron chi connectivity index (χ3n) is 6.67. The van der Waals surface area contributed by atoms with Gasteiger partial charge in [-0.25, -0.2) is 12.8 Å². The summed E-state index contributed by atoms with van der Waals surface area (Å²) in [5.74, 6) is 0.217. The number of sulfonamides is 1. The third kappa shape index (κ3) is 4.49. The van der Waals surface area contributed by atoms with E-state index in [9.17, 15) is 17.6 Å². The van der Waals surface area contributed by atoms with E-state index in [0.717, 1.165) is 5.56 Å². The van der Waals surface area contributed by atoms with Crippen LogP contribution in [0.3, 0.4) is 0 Å². The number of ether oxygens (including phenoxy) is 3. The molecule has 0 unspecified atom stereocenters. The number of halogens is 1. The van der Waals surface area contributed by atoms with Crippen molar-refractivity contribution in [3.8, 4) is 11.5 Å². The Kier molecular flexibility index (Phi) is 7.11. The van der Waals surface area contributed by atoms with Crippen LogP contribution in [0.1, 0.15) is 18.4 Å². The van der Waals surface area contributed by atoms with Crippen LogP contribution in [0, 0.1) is 5.82 Å². The van der Waals surface area contributed by atoms with E-state index in [1.54, 1.807) is 29.2 Å².